The summed E-state index contributed by atoms with van der Waals surface area (Å²) in [7, 11) is 0. The number of carbonyl (C=O) groups excluding carboxylic acids is 1. The van der Waals surface area contributed by atoms with Crippen LogP contribution < -0.4 is 5.32 Å². The molecule has 17 heavy (non-hydrogen) atoms. The first-order valence-electron chi connectivity index (χ1n) is 5.43. The molecule has 1 heterocycles. The maximum atomic E-state index is 11.7. The molecular formula is C11H14N4O2. The van der Waals surface area contributed by atoms with E-state index in [9.17, 15) is 4.79 Å². The molecule has 3 N–H and O–H groups in total. The minimum absolute atomic E-state index is 0.171. The Kier molecular flexibility index (Phi) is 3.34. The van der Waals surface area contributed by atoms with Gasteiger partial charge in [-0.3, -0.25) is 4.79 Å². The Bertz CT molecular complexity index is 521. The molecular weight excluding hydrogens is 220 g/mol. The van der Waals surface area contributed by atoms with E-state index in [1.807, 2.05) is 0 Å². The molecule has 90 valence electrons. The van der Waals surface area contributed by atoms with Crippen LogP contribution in [0.15, 0.2) is 18.2 Å². The number of nitrogens with one attached hydrogen (secondary N) is 2. The van der Waals surface area contributed by atoms with Crippen LogP contribution in [-0.4, -0.2) is 39.1 Å². The Morgan fingerprint density at radius 2 is 2.24 bits per heavy atom. The lowest BCUT2D eigenvalue weighted by molar-refractivity contribution is 0.0945. The van der Waals surface area contributed by atoms with Crippen molar-refractivity contribution in [1.82, 2.24) is 20.7 Å². The van der Waals surface area contributed by atoms with Crippen molar-refractivity contribution < 1.29 is 9.90 Å². The molecule has 0 aliphatic carbocycles. The van der Waals surface area contributed by atoms with Crippen molar-refractivity contribution in [3.63, 3.8) is 0 Å². The summed E-state index contributed by atoms with van der Waals surface area (Å²) in [6.45, 7) is 2.14. The average molecular weight is 234 g/mol. The first kappa shape index (κ1) is 11.5. The molecule has 0 fully saturated rings. The summed E-state index contributed by atoms with van der Waals surface area (Å²) in [4.78, 5) is 11.7. The Morgan fingerprint density at radius 1 is 1.47 bits per heavy atom. The van der Waals surface area contributed by atoms with Crippen LogP contribution in [0.2, 0.25) is 0 Å². The standard InChI is InChI=1S/C11H14N4O2/c1-7(16)4-5-12-11(17)8-2-3-9-10(6-8)14-15-13-9/h2-3,6-7,16H,4-5H2,1H3,(H,12,17)(H,13,14,15). The van der Waals surface area contributed by atoms with E-state index in [0.717, 1.165) is 5.52 Å². The van der Waals surface area contributed by atoms with E-state index in [-0.39, 0.29) is 5.91 Å². The van der Waals surface area contributed by atoms with Crippen LogP contribution in [0.3, 0.4) is 0 Å². The van der Waals surface area contributed by atoms with Gasteiger partial charge < -0.3 is 10.4 Å². The first-order valence-corrected chi connectivity index (χ1v) is 5.43. The second kappa shape index (κ2) is 4.92. The highest BCUT2D eigenvalue weighted by Crippen LogP contribution is 2.10. The molecule has 1 amide bonds. The lowest BCUT2D eigenvalue weighted by Gasteiger charge is -2.06. The van der Waals surface area contributed by atoms with Crippen molar-refractivity contribution >= 4 is 16.9 Å². The average Bonchev–Trinajstić information content (AvgIpc) is 2.75. The largest absolute Gasteiger partial charge is 0.393 e. The van der Waals surface area contributed by atoms with Gasteiger partial charge in [-0.15, -0.1) is 0 Å². The number of benzene rings is 1. The van der Waals surface area contributed by atoms with E-state index in [1.165, 1.54) is 0 Å². The van der Waals surface area contributed by atoms with Crippen molar-refractivity contribution in [3.8, 4) is 0 Å². The zero-order valence-corrected chi connectivity index (χ0v) is 9.47. The van der Waals surface area contributed by atoms with Gasteiger partial charge in [0.05, 0.1) is 6.10 Å². The van der Waals surface area contributed by atoms with Crippen LogP contribution in [0.1, 0.15) is 23.7 Å². The number of aromatic amines is 1. The maximum absolute atomic E-state index is 11.7. The normalized spacial score (nSPS) is 12.6. The van der Waals surface area contributed by atoms with Crippen LogP contribution in [0.25, 0.3) is 11.0 Å². The lowest BCUT2D eigenvalue weighted by Crippen LogP contribution is -2.26. The zero-order chi connectivity index (χ0) is 12.3. The van der Waals surface area contributed by atoms with Gasteiger partial charge in [-0.1, -0.05) is 0 Å². The molecule has 1 aromatic carbocycles. The van der Waals surface area contributed by atoms with E-state index >= 15 is 0 Å². The van der Waals surface area contributed by atoms with E-state index < -0.39 is 6.10 Å². The summed E-state index contributed by atoms with van der Waals surface area (Å²) in [5.41, 5.74) is 1.93. The van der Waals surface area contributed by atoms with Crippen molar-refractivity contribution in [2.45, 2.75) is 19.4 Å². The fourth-order valence-corrected chi connectivity index (χ4v) is 1.48. The van der Waals surface area contributed by atoms with Crippen molar-refractivity contribution in [3.05, 3.63) is 23.8 Å². The quantitative estimate of drug-likeness (QED) is 0.716. The molecule has 0 aliphatic heterocycles. The first-order chi connectivity index (χ1) is 8.16. The van der Waals surface area contributed by atoms with E-state index in [0.29, 0.717) is 24.0 Å². The third-order valence-corrected chi connectivity index (χ3v) is 2.43. The predicted molar refractivity (Wildman–Crippen MR) is 62.5 cm³/mol. The summed E-state index contributed by atoms with van der Waals surface area (Å²) in [6.07, 6.45) is 0.131. The minimum Gasteiger partial charge on any atom is -0.393 e. The van der Waals surface area contributed by atoms with Crippen molar-refractivity contribution in [1.29, 1.82) is 0 Å². The van der Waals surface area contributed by atoms with Gasteiger partial charge in [0.25, 0.3) is 5.91 Å². The molecule has 2 rings (SSSR count). The van der Waals surface area contributed by atoms with Crippen LogP contribution in [0.5, 0.6) is 0 Å². The van der Waals surface area contributed by atoms with E-state index in [2.05, 4.69) is 20.7 Å². The number of carbonyl (C=O) groups is 1. The van der Waals surface area contributed by atoms with Gasteiger partial charge in [-0.25, -0.2) is 0 Å². The van der Waals surface area contributed by atoms with Gasteiger partial charge in [0.1, 0.15) is 11.0 Å². The van der Waals surface area contributed by atoms with Crippen LogP contribution >= 0.6 is 0 Å². The Morgan fingerprint density at radius 3 is 3.00 bits per heavy atom. The molecule has 6 heteroatoms. The maximum Gasteiger partial charge on any atom is 0.251 e. The van der Waals surface area contributed by atoms with Gasteiger partial charge in [0.15, 0.2) is 0 Å². The molecule has 0 bridgehead atoms. The monoisotopic (exact) mass is 234 g/mol. The fourth-order valence-electron chi connectivity index (χ4n) is 1.48. The van der Waals surface area contributed by atoms with Crippen LogP contribution in [0, 0.1) is 0 Å². The molecule has 0 aliphatic rings. The fraction of sp³-hybridized carbons (Fsp3) is 0.364. The molecule has 1 atom stereocenters. The van der Waals surface area contributed by atoms with Crippen LogP contribution in [-0.2, 0) is 0 Å². The minimum atomic E-state index is -0.409. The van der Waals surface area contributed by atoms with Gasteiger partial charge in [0.2, 0.25) is 0 Å². The van der Waals surface area contributed by atoms with Crippen molar-refractivity contribution in [2.24, 2.45) is 0 Å². The van der Waals surface area contributed by atoms with Crippen LogP contribution in [0.4, 0.5) is 0 Å². The number of aliphatic hydroxyl groups is 1. The third kappa shape index (κ3) is 2.79. The SMILES string of the molecule is CC(O)CCNC(=O)c1ccc2n[nH]nc2c1. The lowest BCUT2D eigenvalue weighted by atomic mass is 10.2. The number of nitrogens with zero attached hydrogens (tertiary/aromatic N) is 2. The Balaban J connectivity index is 2.03. The number of H-pyrrole nitrogens is 1. The summed E-state index contributed by atoms with van der Waals surface area (Å²) in [6, 6.07) is 5.11. The summed E-state index contributed by atoms with van der Waals surface area (Å²) < 4.78 is 0. The Labute approximate surface area is 98.0 Å². The topological polar surface area (TPSA) is 90.9 Å². The number of hydrogen-bond acceptors (Lipinski definition) is 4. The highest BCUT2D eigenvalue weighted by atomic mass is 16.3. The van der Waals surface area contributed by atoms with Gasteiger partial charge in [0, 0.05) is 12.1 Å². The summed E-state index contributed by atoms with van der Waals surface area (Å²) >= 11 is 0. The van der Waals surface area contributed by atoms with Gasteiger partial charge in [-0.2, -0.15) is 15.4 Å². The number of amides is 1. The molecule has 2 aromatic rings. The smallest absolute Gasteiger partial charge is 0.251 e. The second-order valence-corrected chi connectivity index (χ2v) is 3.92. The summed E-state index contributed by atoms with van der Waals surface area (Å²) in [5.74, 6) is -0.171. The zero-order valence-electron chi connectivity index (χ0n) is 9.47. The van der Waals surface area contributed by atoms with Gasteiger partial charge in [-0.05, 0) is 31.5 Å². The van der Waals surface area contributed by atoms with E-state index in [1.54, 1.807) is 25.1 Å². The van der Waals surface area contributed by atoms with Gasteiger partial charge >= 0.3 is 0 Å². The molecule has 0 saturated heterocycles. The molecule has 1 aromatic heterocycles. The molecule has 0 saturated carbocycles. The molecule has 0 radical (unpaired) electrons. The highest BCUT2D eigenvalue weighted by Gasteiger charge is 2.07. The van der Waals surface area contributed by atoms with Crippen molar-refractivity contribution in [2.75, 3.05) is 6.54 Å². The molecule has 1 unspecified atom stereocenters. The molecule has 0 spiro atoms. The number of fused-ring (bicyclic) bond motifs is 1. The van der Waals surface area contributed by atoms with E-state index in [4.69, 9.17) is 5.11 Å². The molecule has 6 nitrogen and oxygen atoms in total. The number of aromatic nitrogens is 3. The predicted octanol–water partition coefficient (Wildman–Crippen LogP) is 0.459. The number of rotatable bonds is 4. The Hall–Kier alpha value is -1.95. The highest BCUT2D eigenvalue weighted by molar-refractivity contribution is 5.97. The second-order valence-electron chi connectivity index (χ2n) is 3.92. The number of aliphatic hydroxyl groups excluding tert-OH is 1. The summed E-state index contributed by atoms with van der Waals surface area (Å²) in [5, 5.41) is 22.1. The number of hydrogen-bond donors (Lipinski definition) is 3. The third-order valence-electron chi connectivity index (χ3n) is 2.43.